The number of aryl methyl sites for hydroxylation is 2. The van der Waals surface area contributed by atoms with Crippen molar-refractivity contribution in [2.75, 3.05) is 0 Å². The number of aromatic amines is 1. The average molecular weight is 632 g/mol. The van der Waals surface area contributed by atoms with Gasteiger partial charge in [0, 0.05) is 68.9 Å². The van der Waals surface area contributed by atoms with E-state index in [0.717, 1.165) is 77.9 Å². The summed E-state index contributed by atoms with van der Waals surface area (Å²) in [4.78, 5) is 33.1. The van der Waals surface area contributed by atoms with E-state index in [1.807, 2.05) is 79.7 Å². The number of benzene rings is 3. The Labute approximate surface area is 304 Å². The summed E-state index contributed by atoms with van der Waals surface area (Å²) in [6, 6.07) is 23.3. The number of nitrogens with zero attached hydrogens (tertiary/aromatic N) is 3. The maximum atomic E-state index is 14.0. The zero-order valence-electron chi connectivity index (χ0n) is 26.0. The Hall–Kier alpha value is -3.12. The second kappa shape index (κ2) is 15.0. The Morgan fingerprint density at radius 1 is 0.956 bits per heavy atom. The molecule has 45 heavy (non-hydrogen) atoms. The van der Waals surface area contributed by atoms with Gasteiger partial charge in [0.15, 0.2) is 5.82 Å². The zero-order chi connectivity index (χ0) is 30.6. The zero-order valence-corrected chi connectivity index (χ0v) is 29.1. The van der Waals surface area contributed by atoms with Crippen LogP contribution >= 0.6 is 0 Å². The van der Waals surface area contributed by atoms with E-state index in [9.17, 15) is 14.7 Å². The maximum absolute atomic E-state index is 14.0. The van der Waals surface area contributed by atoms with Crippen LogP contribution in [0.5, 0.6) is 5.75 Å². The Balaban J connectivity index is 0.00000400. The standard InChI is InChI=1S/C35H36N4O5.K/c1-3-6-32-31(21-23-9-11-24(12-10-23)29-7-4-5-8-30(29)33-37-35(42)44-38-33)34(41)39(22(2)36-32)25-13-17-27(18-14-25)43-28-19-15-26(40)16-20-28;/h4-5,7-14,17-18,26,28,40H,3,6,15-16,19-21H2,1-2H3,(H,37,38,42);. The van der Waals surface area contributed by atoms with Crippen LogP contribution in [-0.4, -0.2) is 88.4 Å². The third-order valence-electron chi connectivity index (χ3n) is 8.23. The minimum atomic E-state index is -0.601. The number of aliphatic hydroxyl groups is 1. The van der Waals surface area contributed by atoms with E-state index in [0.29, 0.717) is 23.6 Å². The Morgan fingerprint density at radius 2 is 1.64 bits per heavy atom. The molecule has 2 aromatic heterocycles. The molecule has 5 aromatic rings. The minimum Gasteiger partial charge on any atom is -0.490 e. The van der Waals surface area contributed by atoms with Crippen LogP contribution in [0.4, 0.5) is 0 Å². The quantitative estimate of drug-likeness (QED) is 0.209. The average Bonchev–Trinajstić information content (AvgIpc) is 3.47. The van der Waals surface area contributed by atoms with E-state index in [-0.39, 0.29) is 69.2 Å². The molecule has 0 unspecified atom stereocenters. The number of nitrogens with one attached hydrogen (secondary N) is 1. The molecule has 9 nitrogen and oxygen atoms in total. The number of rotatable bonds is 9. The van der Waals surface area contributed by atoms with Crippen molar-refractivity contribution >= 4 is 51.4 Å². The number of ether oxygens (including phenoxy) is 1. The van der Waals surface area contributed by atoms with Crippen molar-refractivity contribution in [1.82, 2.24) is 19.7 Å². The molecule has 0 spiro atoms. The molecule has 0 saturated heterocycles. The molecule has 1 saturated carbocycles. The third kappa shape index (κ3) is 7.65. The Kier molecular flexibility index (Phi) is 11.1. The van der Waals surface area contributed by atoms with Crippen LogP contribution in [0.1, 0.15) is 61.7 Å². The fourth-order valence-electron chi connectivity index (χ4n) is 5.97. The van der Waals surface area contributed by atoms with Crippen molar-refractivity contribution in [2.24, 2.45) is 0 Å². The van der Waals surface area contributed by atoms with Gasteiger partial charge in [-0.3, -0.25) is 18.9 Å². The molecule has 6 rings (SSSR count). The molecule has 227 valence electrons. The second-order valence-electron chi connectivity index (χ2n) is 11.4. The van der Waals surface area contributed by atoms with Crippen molar-refractivity contribution in [3.05, 3.63) is 116 Å². The third-order valence-corrected chi connectivity index (χ3v) is 8.23. The molecular weight excluding hydrogens is 596 g/mol. The minimum absolute atomic E-state index is 0. The van der Waals surface area contributed by atoms with Crippen molar-refractivity contribution in [3.8, 4) is 34.0 Å². The van der Waals surface area contributed by atoms with E-state index in [2.05, 4.69) is 17.1 Å². The van der Waals surface area contributed by atoms with Gasteiger partial charge in [-0.15, -0.1) is 0 Å². The van der Waals surface area contributed by atoms with Gasteiger partial charge in [-0.05, 0) is 80.0 Å². The van der Waals surface area contributed by atoms with Gasteiger partial charge >= 0.3 is 5.76 Å². The second-order valence-corrected chi connectivity index (χ2v) is 11.4. The number of H-pyrrole nitrogens is 1. The number of hydrogen-bond acceptors (Lipinski definition) is 7. The van der Waals surface area contributed by atoms with Crippen molar-refractivity contribution in [2.45, 2.75) is 71.0 Å². The topological polar surface area (TPSA) is 123 Å². The summed E-state index contributed by atoms with van der Waals surface area (Å²) in [5, 5.41) is 13.6. The summed E-state index contributed by atoms with van der Waals surface area (Å²) >= 11 is 0. The largest absolute Gasteiger partial charge is 0.490 e. The normalized spacial score (nSPS) is 16.2. The van der Waals surface area contributed by atoms with Crippen molar-refractivity contribution < 1.29 is 14.4 Å². The van der Waals surface area contributed by atoms with Gasteiger partial charge in [-0.25, -0.2) is 9.78 Å². The molecular formula is C35H36KN4O5. The Morgan fingerprint density at radius 3 is 2.29 bits per heavy atom. The van der Waals surface area contributed by atoms with Crippen LogP contribution in [0.15, 0.2) is 86.9 Å². The smallest absolute Gasteiger partial charge is 0.439 e. The molecule has 0 aliphatic heterocycles. The van der Waals surface area contributed by atoms with Crippen molar-refractivity contribution in [1.29, 1.82) is 0 Å². The monoisotopic (exact) mass is 631 g/mol. The molecule has 0 atom stereocenters. The first-order chi connectivity index (χ1) is 21.4. The summed E-state index contributed by atoms with van der Waals surface area (Å²) < 4.78 is 12.5. The molecule has 1 radical (unpaired) electrons. The van der Waals surface area contributed by atoms with Gasteiger partial charge in [-0.2, -0.15) is 0 Å². The van der Waals surface area contributed by atoms with Crippen LogP contribution in [0.2, 0.25) is 0 Å². The van der Waals surface area contributed by atoms with Gasteiger partial charge in [0.2, 0.25) is 0 Å². The van der Waals surface area contributed by atoms with E-state index in [4.69, 9.17) is 14.2 Å². The first kappa shape index (κ1) is 33.2. The molecule has 0 bridgehead atoms. The van der Waals surface area contributed by atoms with Crippen molar-refractivity contribution in [3.63, 3.8) is 0 Å². The summed E-state index contributed by atoms with van der Waals surface area (Å²) in [6.45, 7) is 3.96. The summed E-state index contributed by atoms with van der Waals surface area (Å²) in [5.41, 5.74) is 5.80. The Bertz CT molecular complexity index is 1850. The summed E-state index contributed by atoms with van der Waals surface area (Å²) in [5.74, 6) is 1.18. The molecule has 2 heterocycles. The van der Waals surface area contributed by atoms with E-state index < -0.39 is 5.76 Å². The van der Waals surface area contributed by atoms with Gasteiger partial charge in [0.1, 0.15) is 11.6 Å². The molecule has 2 N–H and O–H groups in total. The predicted molar refractivity (Wildman–Crippen MR) is 174 cm³/mol. The fourth-order valence-corrected chi connectivity index (χ4v) is 5.97. The van der Waals surface area contributed by atoms with Gasteiger partial charge < -0.3 is 9.84 Å². The number of hydrogen-bond donors (Lipinski definition) is 2. The summed E-state index contributed by atoms with van der Waals surface area (Å²) in [7, 11) is 0. The molecule has 0 amide bonds. The molecule has 1 fully saturated rings. The van der Waals surface area contributed by atoms with Gasteiger partial charge in [0.05, 0.1) is 23.6 Å². The maximum Gasteiger partial charge on any atom is 0.439 e. The van der Waals surface area contributed by atoms with E-state index in [1.54, 1.807) is 4.57 Å². The predicted octanol–water partition coefficient (Wildman–Crippen LogP) is 5.40. The van der Waals surface area contributed by atoms with Crippen LogP contribution in [0.25, 0.3) is 28.2 Å². The van der Waals surface area contributed by atoms with Gasteiger partial charge in [-0.1, -0.05) is 67.0 Å². The summed E-state index contributed by atoms with van der Waals surface area (Å²) in [6.07, 6.45) is 5.12. The van der Waals surface area contributed by atoms with Crippen LogP contribution in [0.3, 0.4) is 0 Å². The SMILES string of the molecule is CCCc1nc(C)n(-c2ccc(OC3CCC(O)CC3)cc2)c(=O)c1Cc1ccc(-c2ccccc2-c2noc(=O)[nH]2)cc1.[K]. The van der Waals surface area contributed by atoms with Gasteiger partial charge in [0.25, 0.3) is 5.56 Å². The molecule has 1 aliphatic carbocycles. The molecule has 10 heteroatoms. The number of aromatic nitrogens is 4. The first-order valence-corrected chi connectivity index (χ1v) is 15.2. The van der Waals surface area contributed by atoms with Crippen LogP contribution < -0.4 is 16.1 Å². The van der Waals surface area contributed by atoms with Crippen LogP contribution in [-0.2, 0) is 12.8 Å². The molecule has 3 aromatic carbocycles. The molecule has 1 aliphatic rings. The number of aliphatic hydroxyl groups excluding tert-OH is 1. The first-order valence-electron chi connectivity index (χ1n) is 15.2. The van der Waals surface area contributed by atoms with Crippen LogP contribution in [0, 0.1) is 6.92 Å². The fraction of sp³-hybridized carbons (Fsp3) is 0.314. The van der Waals surface area contributed by atoms with E-state index in [1.165, 1.54) is 0 Å². The van der Waals surface area contributed by atoms with E-state index >= 15 is 0 Å².